The van der Waals surface area contributed by atoms with Crippen LogP contribution in [0.15, 0.2) is 42.7 Å². The van der Waals surface area contributed by atoms with Gasteiger partial charge in [-0.25, -0.2) is 9.37 Å². The minimum atomic E-state index is -0.355. The molecule has 0 unspecified atom stereocenters. The molecule has 0 amide bonds. The van der Waals surface area contributed by atoms with Gasteiger partial charge in [-0.15, -0.1) is 6.58 Å². The predicted octanol–water partition coefficient (Wildman–Crippen LogP) is 3.06. The third kappa shape index (κ3) is 3.12. The summed E-state index contributed by atoms with van der Waals surface area (Å²) in [4.78, 5) is 16.0. The van der Waals surface area contributed by atoms with Crippen molar-refractivity contribution < 1.29 is 23.6 Å². The normalized spacial score (nSPS) is 21.4. The van der Waals surface area contributed by atoms with Gasteiger partial charge >= 0.3 is 5.97 Å². The Morgan fingerprint density at radius 3 is 2.83 bits per heavy atom. The van der Waals surface area contributed by atoms with Crippen molar-refractivity contribution in [2.75, 3.05) is 34.4 Å². The van der Waals surface area contributed by atoms with E-state index in [1.54, 1.807) is 14.2 Å². The zero-order valence-electron chi connectivity index (χ0n) is 17.2. The lowest BCUT2D eigenvalue weighted by Gasteiger charge is -2.31. The first-order valence-corrected chi connectivity index (χ1v) is 9.85. The summed E-state index contributed by atoms with van der Waals surface area (Å²) >= 11 is 0. The van der Waals surface area contributed by atoms with E-state index in [1.807, 2.05) is 18.2 Å². The zero-order valence-corrected chi connectivity index (χ0v) is 17.2. The standard InChI is InChI=1S/C23H26N2O4/c1-5-14-12-25-10-9-15-21-18(7-6-8-20(21)28-3)24-22(15)19(25)11-16(14)17(13-27-2)23(26)29-4/h5-8,13-14,16H,1,9-12H2,2-4H3/p+1/b17-13+/t14-,16-/m0/s1. The van der Waals surface area contributed by atoms with Crippen molar-refractivity contribution in [3.63, 3.8) is 0 Å². The molecule has 0 radical (unpaired) electrons. The molecule has 2 aromatic rings. The third-order valence-corrected chi connectivity index (χ3v) is 6.14. The molecule has 0 aliphatic carbocycles. The van der Waals surface area contributed by atoms with Gasteiger partial charge in [-0.3, -0.25) is 0 Å². The van der Waals surface area contributed by atoms with Crippen LogP contribution in [0.4, 0.5) is 0 Å². The summed E-state index contributed by atoms with van der Waals surface area (Å²) < 4.78 is 18.3. The van der Waals surface area contributed by atoms with Crippen molar-refractivity contribution in [2.45, 2.75) is 12.8 Å². The Balaban J connectivity index is 1.82. The molecule has 6 heteroatoms. The molecular weight excluding hydrogens is 368 g/mol. The largest absolute Gasteiger partial charge is 0.504 e. The van der Waals surface area contributed by atoms with Crippen molar-refractivity contribution in [3.8, 4) is 5.75 Å². The third-order valence-electron chi connectivity index (χ3n) is 6.14. The van der Waals surface area contributed by atoms with Crippen LogP contribution in [0.1, 0.15) is 17.7 Å². The molecule has 1 N–H and O–H groups in total. The maximum absolute atomic E-state index is 12.4. The van der Waals surface area contributed by atoms with Crippen molar-refractivity contribution >= 4 is 22.6 Å². The summed E-state index contributed by atoms with van der Waals surface area (Å²) in [7, 11) is 4.66. The van der Waals surface area contributed by atoms with Crippen LogP contribution in [-0.2, 0) is 20.7 Å². The maximum atomic E-state index is 12.4. The highest BCUT2D eigenvalue weighted by atomic mass is 16.5. The number of aromatic nitrogens is 1. The van der Waals surface area contributed by atoms with Gasteiger partial charge in [0, 0.05) is 35.6 Å². The number of benzene rings is 1. The number of nitrogens with zero attached hydrogens (tertiary/aromatic N) is 1. The molecule has 3 heterocycles. The number of esters is 1. The van der Waals surface area contributed by atoms with Gasteiger partial charge in [-0.05, 0) is 12.1 Å². The number of methoxy groups -OCH3 is 3. The van der Waals surface area contributed by atoms with E-state index in [1.165, 1.54) is 24.6 Å². The van der Waals surface area contributed by atoms with Crippen LogP contribution < -0.4 is 4.74 Å². The Labute approximate surface area is 170 Å². The second-order valence-electron chi connectivity index (χ2n) is 7.51. The number of carbonyl (C=O) groups is 1. The summed E-state index contributed by atoms with van der Waals surface area (Å²) in [6, 6.07) is 6.08. The molecule has 2 atom stereocenters. The molecule has 2 aliphatic rings. The van der Waals surface area contributed by atoms with Gasteiger partial charge in [0.1, 0.15) is 24.5 Å². The van der Waals surface area contributed by atoms with E-state index >= 15 is 0 Å². The monoisotopic (exact) mass is 395 g/mol. The van der Waals surface area contributed by atoms with Crippen LogP contribution in [0.5, 0.6) is 5.75 Å². The lowest BCUT2D eigenvalue weighted by Crippen LogP contribution is -2.42. The SMILES string of the molecule is C=C[C@H]1C[N+]2=C(C[C@@H]1/C(=C\OC)C(=O)OC)c1[nH]c3cccc(OC)c3c1CC2. The van der Waals surface area contributed by atoms with Gasteiger partial charge in [0.05, 0.1) is 38.7 Å². The number of rotatable bonds is 5. The van der Waals surface area contributed by atoms with Crippen LogP contribution >= 0.6 is 0 Å². The van der Waals surface area contributed by atoms with Crippen LogP contribution in [0.25, 0.3) is 10.9 Å². The number of hydrogen-bond acceptors (Lipinski definition) is 4. The summed E-state index contributed by atoms with van der Waals surface area (Å²) in [6.07, 6.45) is 5.12. The van der Waals surface area contributed by atoms with E-state index < -0.39 is 0 Å². The summed E-state index contributed by atoms with van der Waals surface area (Å²) in [5.74, 6) is 0.622. The average Bonchev–Trinajstić information content (AvgIpc) is 3.15. The Morgan fingerprint density at radius 2 is 2.14 bits per heavy atom. The molecule has 0 saturated heterocycles. The summed E-state index contributed by atoms with van der Waals surface area (Å²) in [5, 5.41) is 1.15. The second kappa shape index (κ2) is 7.78. The maximum Gasteiger partial charge on any atom is 0.337 e. The molecule has 1 aromatic heterocycles. The molecule has 152 valence electrons. The predicted molar refractivity (Wildman–Crippen MR) is 112 cm³/mol. The highest BCUT2D eigenvalue weighted by Gasteiger charge is 2.42. The number of fused-ring (bicyclic) bond motifs is 4. The van der Waals surface area contributed by atoms with Gasteiger partial charge in [-0.2, -0.15) is 0 Å². The molecule has 0 saturated carbocycles. The van der Waals surface area contributed by atoms with E-state index in [2.05, 4.69) is 22.2 Å². The summed E-state index contributed by atoms with van der Waals surface area (Å²) in [6.45, 7) is 5.77. The molecule has 6 nitrogen and oxygen atoms in total. The number of nitrogens with one attached hydrogen (secondary N) is 1. The average molecular weight is 395 g/mol. The highest BCUT2D eigenvalue weighted by Crippen LogP contribution is 2.38. The van der Waals surface area contributed by atoms with Crippen molar-refractivity contribution in [2.24, 2.45) is 11.8 Å². The smallest absolute Gasteiger partial charge is 0.337 e. The van der Waals surface area contributed by atoms with E-state index in [0.717, 1.165) is 41.9 Å². The van der Waals surface area contributed by atoms with E-state index in [0.29, 0.717) is 12.0 Å². The van der Waals surface area contributed by atoms with Gasteiger partial charge in [0.15, 0.2) is 0 Å². The highest BCUT2D eigenvalue weighted by molar-refractivity contribution is 6.05. The van der Waals surface area contributed by atoms with Crippen molar-refractivity contribution in [1.82, 2.24) is 4.98 Å². The van der Waals surface area contributed by atoms with Crippen LogP contribution in [-0.4, -0.2) is 55.7 Å². The van der Waals surface area contributed by atoms with Crippen LogP contribution in [0, 0.1) is 11.8 Å². The van der Waals surface area contributed by atoms with E-state index in [4.69, 9.17) is 14.2 Å². The van der Waals surface area contributed by atoms with Crippen LogP contribution in [0.3, 0.4) is 0 Å². The Bertz CT molecular complexity index is 1030. The van der Waals surface area contributed by atoms with Crippen LogP contribution in [0.2, 0.25) is 0 Å². The zero-order chi connectivity index (χ0) is 20.5. The summed E-state index contributed by atoms with van der Waals surface area (Å²) in [5.41, 5.74) is 5.28. The number of carbonyl (C=O) groups excluding carboxylic acids is 1. The first-order chi connectivity index (χ1) is 14.1. The molecule has 2 aliphatic heterocycles. The Morgan fingerprint density at radius 1 is 1.31 bits per heavy atom. The molecule has 4 rings (SSSR count). The minimum Gasteiger partial charge on any atom is -0.504 e. The van der Waals surface area contributed by atoms with Gasteiger partial charge in [0.25, 0.3) is 0 Å². The quantitative estimate of drug-likeness (QED) is 0.278. The van der Waals surface area contributed by atoms with Gasteiger partial charge in [-0.1, -0.05) is 12.1 Å². The van der Waals surface area contributed by atoms with Crippen molar-refractivity contribution in [1.29, 1.82) is 0 Å². The fourth-order valence-electron chi connectivity index (χ4n) is 4.77. The molecule has 0 bridgehead atoms. The molecule has 1 aromatic carbocycles. The fraction of sp³-hybridized carbons (Fsp3) is 0.391. The van der Waals surface area contributed by atoms with Gasteiger partial charge in [0.2, 0.25) is 5.71 Å². The fourth-order valence-corrected chi connectivity index (χ4v) is 4.77. The Hall–Kier alpha value is -3.02. The number of ether oxygens (including phenoxy) is 3. The van der Waals surface area contributed by atoms with Gasteiger partial charge < -0.3 is 19.2 Å². The number of aromatic amines is 1. The number of H-pyrrole nitrogens is 1. The number of hydrogen-bond donors (Lipinski definition) is 1. The molecule has 0 fully saturated rings. The first kappa shape index (κ1) is 19.3. The van der Waals surface area contributed by atoms with Crippen molar-refractivity contribution in [3.05, 3.63) is 53.9 Å². The lowest BCUT2D eigenvalue weighted by molar-refractivity contribution is -0.540. The first-order valence-electron chi connectivity index (χ1n) is 9.85. The lowest BCUT2D eigenvalue weighted by atomic mass is 9.77. The molecule has 0 spiro atoms. The topological polar surface area (TPSA) is 63.6 Å². The van der Waals surface area contributed by atoms with E-state index in [9.17, 15) is 4.79 Å². The molecule has 29 heavy (non-hydrogen) atoms. The Kier molecular flexibility index (Phi) is 5.18. The second-order valence-corrected chi connectivity index (χ2v) is 7.51. The van der Waals surface area contributed by atoms with E-state index in [-0.39, 0.29) is 17.8 Å². The molecular formula is C23H27N2O4+. The minimum absolute atomic E-state index is 0.0505.